The summed E-state index contributed by atoms with van der Waals surface area (Å²) in [5.74, 6) is 1.79. The molecule has 7 nitrogen and oxygen atoms in total. The molecule has 2 aromatic rings. The van der Waals surface area contributed by atoms with Gasteiger partial charge in [0, 0.05) is 19.0 Å². The fourth-order valence-electron chi connectivity index (χ4n) is 3.13. The number of hydrogen-bond acceptors (Lipinski definition) is 5. The molecule has 0 aliphatic heterocycles. The fourth-order valence-corrected chi connectivity index (χ4v) is 3.13. The van der Waals surface area contributed by atoms with Crippen LogP contribution in [0.3, 0.4) is 0 Å². The summed E-state index contributed by atoms with van der Waals surface area (Å²) in [6.45, 7) is 2.96. The maximum absolute atomic E-state index is 12.7. The summed E-state index contributed by atoms with van der Waals surface area (Å²) < 4.78 is 1.62. The standard InChI is InChI=1S/C15H23N5O2/c1-2-8-20-14(22)11-13(19-15(20)16-7-9-21)18-12(17-11)10-5-3-4-6-10/h10,21H,2-9H2,1H3,(H,16,19)(H,17,18). The molecular weight excluding hydrogens is 282 g/mol. The summed E-state index contributed by atoms with van der Waals surface area (Å²) in [6.07, 6.45) is 5.53. The van der Waals surface area contributed by atoms with E-state index in [1.807, 2.05) is 6.92 Å². The Labute approximate surface area is 128 Å². The fraction of sp³-hybridized carbons (Fsp3) is 0.667. The van der Waals surface area contributed by atoms with Crippen LogP contribution < -0.4 is 10.9 Å². The highest BCUT2D eigenvalue weighted by Gasteiger charge is 2.22. The molecule has 3 rings (SSSR count). The zero-order valence-corrected chi connectivity index (χ0v) is 12.9. The molecule has 1 saturated carbocycles. The molecule has 120 valence electrons. The molecule has 0 atom stereocenters. The van der Waals surface area contributed by atoms with Gasteiger partial charge in [-0.2, -0.15) is 4.98 Å². The highest BCUT2D eigenvalue weighted by molar-refractivity contribution is 5.71. The average molecular weight is 305 g/mol. The van der Waals surface area contributed by atoms with E-state index < -0.39 is 0 Å². The van der Waals surface area contributed by atoms with Gasteiger partial charge in [-0.25, -0.2) is 4.98 Å². The number of imidazole rings is 1. The van der Waals surface area contributed by atoms with Gasteiger partial charge < -0.3 is 15.4 Å². The lowest BCUT2D eigenvalue weighted by Gasteiger charge is -2.11. The Morgan fingerprint density at radius 3 is 2.82 bits per heavy atom. The van der Waals surface area contributed by atoms with Gasteiger partial charge in [-0.15, -0.1) is 0 Å². The molecule has 0 unspecified atom stereocenters. The predicted molar refractivity (Wildman–Crippen MR) is 85.2 cm³/mol. The first kappa shape index (κ1) is 15.0. The number of aromatic amines is 1. The molecule has 22 heavy (non-hydrogen) atoms. The molecule has 0 radical (unpaired) electrons. The predicted octanol–water partition coefficient (Wildman–Crippen LogP) is 1.59. The Morgan fingerprint density at radius 1 is 1.36 bits per heavy atom. The monoisotopic (exact) mass is 305 g/mol. The normalized spacial score (nSPS) is 15.7. The molecule has 0 aromatic carbocycles. The Morgan fingerprint density at radius 2 is 2.14 bits per heavy atom. The van der Waals surface area contributed by atoms with E-state index in [9.17, 15) is 4.79 Å². The molecule has 2 heterocycles. The maximum Gasteiger partial charge on any atom is 0.280 e. The first-order valence-electron chi connectivity index (χ1n) is 8.09. The third kappa shape index (κ3) is 2.72. The van der Waals surface area contributed by atoms with Gasteiger partial charge in [0.2, 0.25) is 5.95 Å². The van der Waals surface area contributed by atoms with E-state index in [-0.39, 0.29) is 12.2 Å². The van der Waals surface area contributed by atoms with Gasteiger partial charge in [-0.3, -0.25) is 9.36 Å². The molecule has 0 bridgehead atoms. The minimum Gasteiger partial charge on any atom is -0.395 e. The smallest absolute Gasteiger partial charge is 0.280 e. The van der Waals surface area contributed by atoms with Crippen molar-refractivity contribution in [2.24, 2.45) is 0 Å². The molecule has 1 fully saturated rings. The number of H-pyrrole nitrogens is 1. The van der Waals surface area contributed by atoms with E-state index in [4.69, 9.17) is 5.11 Å². The van der Waals surface area contributed by atoms with Gasteiger partial charge in [0.1, 0.15) is 5.82 Å². The number of rotatable bonds is 6. The molecule has 0 spiro atoms. The van der Waals surface area contributed by atoms with E-state index in [1.54, 1.807) is 4.57 Å². The Bertz CT molecular complexity index is 700. The number of aromatic nitrogens is 4. The van der Waals surface area contributed by atoms with Crippen LogP contribution in [-0.4, -0.2) is 37.8 Å². The van der Waals surface area contributed by atoms with Crippen molar-refractivity contribution in [1.29, 1.82) is 0 Å². The quantitative estimate of drug-likeness (QED) is 0.753. The van der Waals surface area contributed by atoms with Crippen molar-refractivity contribution in [3.63, 3.8) is 0 Å². The molecule has 0 amide bonds. The van der Waals surface area contributed by atoms with Gasteiger partial charge in [0.25, 0.3) is 5.56 Å². The molecular formula is C15H23N5O2. The van der Waals surface area contributed by atoms with Crippen molar-refractivity contribution in [2.45, 2.75) is 51.5 Å². The zero-order chi connectivity index (χ0) is 15.5. The zero-order valence-electron chi connectivity index (χ0n) is 12.9. The van der Waals surface area contributed by atoms with E-state index in [1.165, 1.54) is 12.8 Å². The van der Waals surface area contributed by atoms with Crippen molar-refractivity contribution in [1.82, 2.24) is 19.5 Å². The van der Waals surface area contributed by atoms with Crippen molar-refractivity contribution in [3.05, 3.63) is 16.2 Å². The van der Waals surface area contributed by atoms with E-state index in [0.717, 1.165) is 25.1 Å². The second-order valence-corrected chi connectivity index (χ2v) is 5.84. The summed E-state index contributed by atoms with van der Waals surface area (Å²) in [4.78, 5) is 24.9. The highest BCUT2D eigenvalue weighted by atomic mass is 16.3. The molecule has 2 aromatic heterocycles. The van der Waals surface area contributed by atoms with Gasteiger partial charge >= 0.3 is 0 Å². The second-order valence-electron chi connectivity index (χ2n) is 5.84. The lowest BCUT2D eigenvalue weighted by atomic mass is 10.1. The Hall–Kier alpha value is -1.89. The lowest BCUT2D eigenvalue weighted by molar-refractivity contribution is 0.310. The topological polar surface area (TPSA) is 95.8 Å². The lowest BCUT2D eigenvalue weighted by Crippen LogP contribution is -2.26. The van der Waals surface area contributed by atoms with Crippen LogP contribution in [0, 0.1) is 0 Å². The van der Waals surface area contributed by atoms with E-state index in [0.29, 0.717) is 36.1 Å². The van der Waals surface area contributed by atoms with Gasteiger partial charge in [0.05, 0.1) is 6.61 Å². The largest absolute Gasteiger partial charge is 0.395 e. The van der Waals surface area contributed by atoms with E-state index >= 15 is 0 Å². The minimum atomic E-state index is -0.0935. The second kappa shape index (κ2) is 6.48. The summed E-state index contributed by atoms with van der Waals surface area (Å²) in [5.41, 5.74) is 0.869. The van der Waals surface area contributed by atoms with Crippen molar-refractivity contribution >= 4 is 17.1 Å². The molecule has 7 heteroatoms. The molecule has 1 aliphatic rings. The first-order valence-corrected chi connectivity index (χ1v) is 8.09. The molecule has 3 N–H and O–H groups in total. The Kier molecular flexibility index (Phi) is 4.42. The number of nitrogens with zero attached hydrogens (tertiary/aromatic N) is 3. The SMILES string of the molecule is CCCn1c(NCCO)nc2nc(C3CCCC3)[nH]c2c1=O. The van der Waals surface area contributed by atoms with Crippen LogP contribution in [0.15, 0.2) is 4.79 Å². The van der Waals surface area contributed by atoms with Crippen molar-refractivity contribution < 1.29 is 5.11 Å². The van der Waals surface area contributed by atoms with Crippen molar-refractivity contribution in [2.75, 3.05) is 18.5 Å². The molecule has 1 aliphatic carbocycles. The van der Waals surface area contributed by atoms with Crippen LogP contribution >= 0.6 is 0 Å². The maximum atomic E-state index is 12.7. The number of anilines is 1. The highest BCUT2D eigenvalue weighted by Crippen LogP contribution is 2.32. The summed E-state index contributed by atoms with van der Waals surface area (Å²) >= 11 is 0. The number of aliphatic hydroxyl groups excluding tert-OH is 1. The van der Waals surface area contributed by atoms with Crippen LogP contribution in [0.1, 0.15) is 50.8 Å². The van der Waals surface area contributed by atoms with Crippen LogP contribution in [0.4, 0.5) is 5.95 Å². The van der Waals surface area contributed by atoms with Crippen LogP contribution in [-0.2, 0) is 6.54 Å². The molecule has 0 saturated heterocycles. The summed E-state index contributed by atoms with van der Waals surface area (Å²) in [7, 11) is 0. The number of nitrogens with one attached hydrogen (secondary N) is 2. The number of aliphatic hydroxyl groups is 1. The van der Waals surface area contributed by atoms with Gasteiger partial charge in [-0.1, -0.05) is 19.8 Å². The van der Waals surface area contributed by atoms with Crippen molar-refractivity contribution in [3.8, 4) is 0 Å². The van der Waals surface area contributed by atoms with Gasteiger partial charge in [-0.05, 0) is 19.3 Å². The van der Waals surface area contributed by atoms with Crippen LogP contribution in [0.2, 0.25) is 0 Å². The third-order valence-electron chi connectivity index (χ3n) is 4.21. The minimum absolute atomic E-state index is 0.00603. The number of hydrogen-bond donors (Lipinski definition) is 3. The van der Waals surface area contributed by atoms with Gasteiger partial charge in [0.15, 0.2) is 11.2 Å². The average Bonchev–Trinajstić information content (AvgIpc) is 3.17. The third-order valence-corrected chi connectivity index (χ3v) is 4.21. The summed E-state index contributed by atoms with van der Waals surface area (Å²) in [5, 5.41) is 12.0. The van der Waals surface area contributed by atoms with Crippen LogP contribution in [0.5, 0.6) is 0 Å². The number of fused-ring (bicyclic) bond motifs is 1. The first-order chi connectivity index (χ1) is 10.7. The summed E-state index contributed by atoms with van der Waals surface area (Å²) in [6, 6.07) is 0. The van der Waals surface area contributed by atoms with Crippen LogP contribution in [0.25, 0.3) is 11.2 Å². The Balaban J connectivity index is 2.06. The van der Waals surface area contributed by atoms with E-state index in [2.05, 4.69) is 20.3 Å².